The van der Waals surface area contributed by atoms with Gasteiger partial charge in [-0.25, -0.2) is 4.98 Å². The van der Waals surface area contributed by atoms with E-state index in [9.17, 15) is 4.39 Å². The highest BCUT2D eigenvalue weighted by atomic mass is 35.5. The van der Waals surface area contributed by atoms with Crippen LogP contribution in [0.25, 0.3) is 0 Å². The van der Waals surface area contributed by atoms with Gasteiger partial charge >= 0.3 is 0 Å². The van der Waals surface area contributed by atoms with E-state index < -0.39 is 5.95 Å². The van der Waals surface area contributed by atoms with E-state index in [2.05, 4.69) is 9.27 Å². The summed E-state index contributed by atoms with van der Waals surface area (Å²) in [6.07, 6.45) is 0. The molecule has 0 amide bonds. The molecule has 0 bridgehead atoms. The van der Waals surface area contributed by atoms with Gasteiger partial charge in [0.1, 0.15) is 6.61 Å². The van der Waals surface area contributed by atoms with Gasteiger partial charge in [-0.1, -0.05) is 6.07 Å². The van der Waals surface area contributed by atoms with E-state index in [0.717, 1.165) is 0 Å². The maximum absolute atomic E-state index is 12.3. The van der Waals surface area contributed by atoms with Crippen molar-refractivity contribution >= 4 is 11.9 Å². The average Bonchev–Trinajstić information content (AvgIpc) is 1.88. The number of aromatic nitrogens is 1. The molecule has 10 heavy (non-hydrogen) atoms. The first-order valence-corrected chi connectivity index (χ1v) is 2.99. The number of halogens is 2. The zero-order valence-corrected chi connectivity index (χ0v) is 5.81. The molecule has 0 aromatic carbocycles. The maximum Gasteiger partial charge on any atom is 0.213 e. The number of hydrogen-bond donors (Lipinski definition) is 0. The van der Waals surface area contributed by atoms with Crippen molar-refractivity contribution < 1.29 is 8.68 Å². The minimum absolute atomic E-state index is 0.124. The Morgan fingerprint density at radius 3 is 3.00 bits per heavy atom. The first-order valence-electron chi connectivity index (χ1n) is 2.68. The highest BCUT2D eigenvalue weighted by Crippen LogP contribution is 2.00. The maximum atomic E-state index is 12.3. The van der Waals surface area contributed by atoms with E-state index in [-0.39, 0.29) is 6.61 Å². The smallest absolute Gasteiger partial charge is 0.213 e. The van der Waals surface area contributed by atoms with Gasteiger partial charge < -0.3 is 0 Å². The molecule has 1 heterocycles. The second kappa shape index (κ2) is 3.49. The van der Waals surface area contributed by atoms with Gasteiger partial charge in [-0.15, -0.1) is 0 Å². The summed E-state index contributed by atoms with van der Waals surface area (Å²) in [6.45, 7) is 0.124. The monoisotopic (exact) mass is 161 g/mol. The molecule has 2 nitrogen and oxygen atoms in total. The zero-order valence-electron chi connectivity index (χ0n) is 5.05. The van der Waals surface area contributed by atoms with E-state index in [1.54, 1.807) is 12.1 Å². The Labute approximate surface area is 62.8 Å². The molecule has 0 aliphatic rings. The lowest BCUT2D eigenvalue weighted by Crippen LogP contribution is -1.91. The van der Waals surface area contributed by atoms with Crippen LogP contribution in [0.1, 0.15) is 5.69 Å². The molecule has 1 rings (SSSR count). The van der Waals surface area contributed by atoms with Crippen molar-refractivity contribution in [3.05, 3.63) is 29.8 Å². The lowest BCUT2D eigenvalue weighted by molar-refractivity contribution is 0.332. The summed E-state index contributed by atoms with van der Waals surface area (Å²) in [6, 6.07) is 4.44. The van der Waals surface area contributed by atoms with Gasteiger partial charge in [0.2, 0.25) is 5.95 Å². The summed E-state index contributed by atoms with van der Waals surface area (Å²) in [4.78, 5) is 3.49. The van der Waals surface area contributed by atoms with E-state index in [1.807, 2.05) is 0 Å². The largest absolute Gasteiger partial charge is 0.273 e. The minimum Gasteiger partial charge on any atom is -0.273 e. The fraction of sp³-hybridized carbons (Fsp3) is 0.167. The number of nitrogens with zero attached hydrogens (tertiary/aromatic N) is 1. The van der Waals surface area contributed by atoms with Gasteiger partial charge in [-0.3, -0.25) is 4.29 Å². The predicted molar refractivity (Wildman–Crippen MR) is 34.8 cm³/mol. The SMILES string of the molecule is Fc1cccc(COCl)n1. The molecule has 0 saturated carbocycles. The third kappa shape index (κ3) is 1.93. The Hall–Kier alpha value is -0.670. The van der Waals surface area contributed by atoms with Gasteiger partial charge in [0, 0.05) is 0 Å². The van der Waals surface area contributed by atoms with Crippen LogP contribution in [0, 0.1) is 5.95 Å². The van der Waals surface area contributed by atoms with E-state index in [1.165, 1.54) is 6.07 Å². The molecule has 0 unspecified atom stereocenters. The number of rotatable bonds is 2. The van der Waals surface area contributed by atoms with Crippen LogP contribution >= 0.6 is 11.9 Å². The average molecular weight is 162 g/mol. The second-order valence-corrected chi connectivity index (χ2v) is 1.92. The summed E-state index contributed by atoms with van der Waals surface area (Å²) in [5.74, 6) is -0.522. The summed E-state index contributed by atoms with van der Waals surface area (Å²) in [5, 5.41) is 0. The van der Waals surface area contributed by atoms with Crippen molar-refractivity contribution in [2.24, 2.45) is 0 Å². The molecule has 1 aromatic rings. The minimum atomic E-state index is -0.522. The van der Waals surface area contributed by atoms with Gasteiger partial charge in [0.05, 0.1) is 17.6 Å². The molecule has 0 radical (unpaired) electrons. The Morgan fingerprint density at radius 2 is 2.40 bits per heavy atom. The van der Waals surface area contributed by atoms with Crippen molar-refractivity contribution in [3.63, 3.8) is 0 Å². The Balaban J connectivity index is 2.75. The topological polar surface area (TPSA) is 22.1 Å². The van der Waals surface area contributed by atoms with Crippen molar-refractivity contribution in [2.45, 2.75) is 6.61 Å². The molecule has 0 atom stereocenters. The lowest BCUT2D eigenvalue weighted by Gasteiger charge is -1.94. The van der Waals surface area contributed by atoms with Crippen molar-refractivity contribution in [2.75, 3.05) is 0 Å². The van der Waals surface area contributed by atoms with Crippen LogP contribution < -0.4 is 0 Å². The lowest BCUT2D eigenvalue weighted by atomic mass is 10.4. The molecule has 0 aliphatic heterocycles. The third-order valence-electron chi connectivity index (χ3n) is 0.975. The van der Waals surface area contributed by atoms with Crippen LogP contribution in [0.2, 0.25) is 0 Å². The predicted octanol–water partition coefficient (Wildman–Crippen LogP) is 1.89. The van der Waals surface area contributed by atoms with Crippen LogP contribution in [0.3, 0.4) is 0 Å². The zero-order chi connectivity index (χ0) is 7.40. The quantitative estimate of drug-likeness (QED) is 0.618. The molecule has 0 aliphatic carbocycles. The molecule has 54 valence electrons. The van der Waals surface area contributed by atoms with E-state index in [4.69, 9.17) is 11.9 Å². The van der Waals surface area contributed by atoms with Crippen molar-refractivity contribution in [1.82, 2.24) is 4.98 Å². The molecule has 0 fully saturated rings. The van der Waals surface area contributed by atoms with Crippen LogP contribution in [-0.4, -0.2) is 4.98 Å². The summed E-state index contributed by atoms with van der Waals surface area (Å²) in [5.41, 5.74) is 0.481. The van der Waals surface area contributed by atoms with Crippen LogP contribution in [0.15, 0.2) is 18.2 Å². The van der Waals surface area contributed by atoms with Crippen LogP contribution in [0.4, 0.5) is 4.39 Å². The molecular weight excluding hydrogens is 157 g/mol. The fourth-order valence-electron chi connectivity index (χ4n) is 0.587. The van der Waals surface area contributed by atoms with Gasteiger partial charge in [0.15, 0.2) is 0 Å². The number of pyridine rings is 1. The molecular formula is C6H5ClFNO. The summed E-state index contributed by atoms with van der Waals surface area (Å²) < 4.78 is 16.5. The van der Waals surface area contributed by atoms with Crippen LogP contribution in [0.5, 0.6) is 0 Å². The Bertz CT molecular complexity index is 219. The van der Waals surface area contributed by atoms with Crippen molar-refractivity contribution in [3.8, 4) is 0 Å². The van der Waals surface area contributed by atoms with Gasteiger partial charge in [-0.2, -0.15) is 4.39 Å². The van der Waals surface area contributed by atoms with Crippen LogP contribution in [-0.2, 0) is 10.9 Å². The standard InChI is InChI=1S/C6H5ClFNO/c7-10-4-5-2-1-3-6(8)9-5/h1-3H,4H2. The summed E-state index contributed by atoms with van der Waals surface area (Å²) >= 11 is 4.93. The summed E-state index contributed by atoms with van der Waals surface area (Å²) in [7, 11) is 0. The Kier molecular flexibility index (Phi) is 2.59. The molecule has 4 heteroatoms. The van der Waals surface area contributed by atoms with Gasteiger partial charge in [0.25, 0.3) is 0 Å². The fourth-order valence-corrected chi connectivity index (χ4v) is 0.698. The second-order valence-electron chi connectivity index (χ2n) is 1.71. The molecule has 0 spiro atoms. The first-order chi connectivity index (χ1) is 4.83. The Morgan fingerprint density at radius 1 is 1.60 bits per heavy atom. The molecule has 0 saturated heterocycles. The van der Waals surface area contributed by atoms with E-state index >= 15 is 0 Å². The van der Waals surface area contributed by atoms with Crippen molar-refractivity contribution in [1.29, 1.82) is 0 Å². The van der Waals surface area contributed by atoms with Gasteiger partial charge in [-0.05, 0) is 12.1 Å². The highest BCUT2D eigenvalue weighted by molar-refractivity contribution is 6.07. The van der Waals surface area contributed by atoms with E-state index in [0.29, 0.717) is 5.69 Å². The first kappa shape index (κ1) is 7.44. The molecule has 0 N–H and O–H groups in total. The third-order valence-corrected chi connectivity index (χ3v) is 1.08. The molecule has 1 aromatic heterocycles. The highest BCUT2D eigenvalue weighted by Gasteiger charge is 1.94. The number of hydrogen-bond acceptors (Lipinski definition) is 2. The normalized spacial score (nSPS) is 9.80.